The first-order valence-corrected chi connectivity index (χ1v) is 8.18. The van der Waals surface area contributed by atoms with Gasteiger partial charge >= 0.3 is 0 Å². The van der Waals surface area contributed by atoms with Crippen molar-refractivity contribution >= 4 is 11.7 Å². The van der Waals surface area contributed by atoms with E-state index in [2.05, 4.69) is 25.7 Å². The largest absolute Gasteiger partial charge is 0.342 e. The minimum absolute atomic E-state index is 0.194. The van der Waals surface area contributed by atoms with E-state index >= 15 is 0 Å². The Labute approximate surface area is 122 Å². The van der Waals surface area contributed by atoms with Crippen molar-refractivity contribution in [3.8, 4) is 0 Å². The van der Waals surface area contributed by atoms with E-state index in [1.807, 2.05) is 0 Å². The van der Waals surface area contributed by atoms with Crippen LogP contribution in [0.1, 0.15) is 65.7 Å². The Morgan fingerprint density at radius 1 is 1.00 bits per heavy atom. The molecule has 1 heterocycles. The monoisotopic (exact) mass is 277 g/mol. The zero-order valence-electron chi connectivity index (χ0n) is 13.1. The zero-order chi connectivity index (χ0) is 14.6. The van der Waals surface area contributed by atoms with E-state index in [0.29, 0.717) is 12.2 Å². The van der Waals surface area contributed by atoms with Gasteiger partial charge in [0.05, 0.1) is 5.41 Å². The predicted octanol–water partition coefficient (Wildman–Crippen LogP) is 3.17. The number of likely N-dealkylation sites (tertiary alicyclic amines) is 1. The van der Waals surface area contributed by atoms with Gasteiger partial charge in [0.2, 0.25) is 5.91 Å². The number of rotatable bonds is 1. The number of Topliss-reactive ketones (excluding diaryl/α,β-unsaturated/α-hetero) is 1. The van der Waals surface area contributed by atoms with E-state index in [4.69, 9.17) is 0 Å². The molecule has 3 heteroatoms. The Hall–Kier alpha value is -0.860. The van der Waals surface area contributed by atoms with Gasteiger partial charge in [0.15, 0.2) is 0 Å². The van der Waals surface area contributed by atoms with Crippen LogP contribution in [0.4, 0.5) is 0 Å². The van der Waals surface area contributed by atoms with Crippen molar-refractivity contribution in [1.82, 2.24) is 4.90 Å². The third kappa shape index (κ3) is 1.52. The summed E-state index contributed by atoms with van der Waals surface area (Å²) in [6.45, 7) is 8.17. The number of hydrogen-bond donors (Lipinski definition) is 0. The topological polar surface area (TPSA) is 37.4 Å². The third-order valence-corrected chi connectivity index (χ3v) is 7.01. The maximum absolute atomic E-state index is 13.2. The van der Waals surface area contributed by atoms with E-state index in [1.54, 1.807) is 0 Å². The Bertz CT molecular complexity index is 448. The quantitative estimate of drug-likeness (QED) is 0.738. The lowest BCUT2D eigenvalue weighted by Gasteiger charge is -2.41. The molecule has 0 N–H and O–H groups in total. The number of ketones is 1. The molecule has 0 spiro atoms. The lowest BCUT2D eigenvalue weighted by molar-refractivity contribution is -0.147. The standard InChI is InChI=1S/C17H27NO2/c1-15(2)16(3)8-9-17(15,12-13(16)19)14(20)18-10-6-4-5-7-11-18/h4-12H2,1-3H3/t16-,17-/m1/s1. The molecule has 0 aromatic heterocycles. The summed E-state index contributed by atoms with van der Waals surface area (Å²) in [5.74, 6) is 0.593. The Kier molecular flexibility index (Phi) is 3.04. The highest BCUT2D eigenvalue weighted by Crippen LogP contribution is 2.71. The summed E-state index contributed by atoms with van der Waals surface area (Å²) in [7, 11) is 0. The molecule has 1 aliphatic heterocycles. The predicted molar refractivity (Wildman–Crippen MR) is 78.2 cm³/mol. The molecule has 3 rings (SSSR count). The highest BCUT2D eigenvalue weighted by molar-refractivity contribution is 5.99. The van der Waals surface area contributed by atoms with Crippen molar-refractivity contribution in [3.05, 3.63) is 0 Å². The summed E-state index contributed by atoms with van der Waals surface area (Å²) >= 11 is 0. The lowest BCUT2D eigenvalue weighted by atomic mass is 9.64. The van der Waals surface area contributed by atoms with Gasteiger partial charge in [-0.15, -0.1) is 0 Å². The highest BCUT2D eigenvalue weighted by Gasteiger charge is 2.72. The van der Waals surface area contributed by atoms with Crippen molar-refractivity contribution < 1.29 is 9.59 Å². The lowest BCUT2D eigenvalue weighted by Crippen LogP contribution is -2.49. The molecule has 2 aliphatic carbocycles. The first kappa shape index (κ1) is 14.1. The Morgan fingerprint density at radius 2 is 1.60 bits per heavy atom. The fraction of sp³-hybridized carbons (Fsp3) is 0.882. The summed E-state index contributed by atoms with van der Waals surface area (Å²) in [5.41, 5.74) is -0.891. The van der Waals surface area contributed by atoms with Crippen LogP contribution in [-0.4, -0.2) is 29.7 Å². The first-order chi connectivity index (χ1) is 9.35. The molecule has 3 nitrogen and oxygen atoms in total. The SMILES string of the molecule is CC1(C)[C@]2(C(=O)N3CCCCCC3)CC[C@]1(C)C(=O)C2. The fourth-order valence-electron chi connectivity index (χ4n) is 4.91. The number of fused-ring (bicyclic) bond motifs is 2. The van der Waals surface area contributed by atoms with Crippen LogP contribution in [0.2, 0.25) is 0 Å². The van der Waals surface area contributed by atoms with Gasteiger partial charge in [0.25, 0.3) is 0 Å². The molecule has 0 radical (unpaired) electrons. The molecular formula is C17H27NO2. The molecule has 20 heavy (non-hydrogen) atoms. The number of amides is 1. The van der Waals surface area contributed by atoms with E-state index in [-0.39, 0.29) is 16.7 Å². The van der Waals surface area contributed by atoms with E-state index in [9.17, 15) is 9.59 Å². The summed E-state index contributed by atoms with van der Waals surface area (Å²) in [5, 5.41) is 0. The van der Waals surface area contributed by atoms with Crippen molar-refractivity contribution in [3.63, 3.8) is 0 Å². The van der Waals surface area contributed by atoms with Crippen LogP contribution in [0.3, 0.4) is 0 Å². The molecule has 3 aliphatic rings. The minimum Gasteiger partial charge on any atom is -0.342 e. The van der Waals surface area contributed by atoms with Gasteiger partial charge in [0, 0.05) is 24.9 Å². The fourth-order valence-corrected chi connectivity index (χ4v) is 4.91. The van der Waals surface area contributed by atoms with E-state index < -0.39 is 5.41 Å². The number of nitrogens with zero attached hydrogens (tertiary/aromatic N) is 1. The molecule has 1 saturated heterocycles. The van der Waals surface area contributed by atoms with Crippen molar-refractivity contribution in [2.24, 2.45) is 16.2 Å². The van der Waals surface area contributed by atoms with Crippen LogP contribution >= 0.6 is 0 Å². The maximum atomic E-state index is 13.2. The number of hydrogen-bond acceptors (Lipinski definition) is 2. The molecular weight excluding hydrogens is 250 g/mol. The van der Waals surface area contributed by atoms with Crippen molar-refractivity contribution in [2.45, 2.75) is 65.7 Å². The molecule has 1 amide bonds. The first-order valence-electron chi connectivity index (χ1n) is 8.18. The molecule has 3 fully saturated rings. The van der Waals surface area contributed by atoms with Crippen LogP contribution in [0.15, 0.2) is 0 Å². The summed E-state index contributed by atoms with van der Waals surface area (Å²) in [4.78, 5) is 27.7. The van der Waals surface area contributed by atoms with E-state index in [1.165, 1.54) is 12.8 Å². The Balaban J connectivity index is 1.92. The van der Waals surface area contributed by atoms with Crippen LogP contribution in [0, 0.1) is 16.2 Å². The van der Waals surface area contributed by atoms with Gasteiger partial charge in [-0.2, -0.15) is 0 Å². The van der Waals surface area contributed by atoms with Crippen LogP contribution in [0.5, 0.6) is 0 Å². The maximum Gasteiger partial charge on any atom is 0.229 e. The summed E-state index contributed by atoms with van der Waals surface area (Å²) in [6.07, 6.45) is 6.97. The second kappa shape index (κ2) is 4.32. The smallest absolute Gasteiger partial charge is 0.229 e. The summed E-state index contributed by atoms with van der Waals surface area (Å²) < 4.78 is 0. The number of carbonyl (C=O) groups excluding carboxylic acids is 2. The second-order valence-corrected chi connectivity index (χ2v) is 7.85. The normalized spacial score (nSPS) is 40.0. The van der Waals surface area contributed by atoms with Crippen LogP contribution in [0.25, 0.3) is 0 Å². The van der Waals surface area contributed by atoms with Crippen molar-refractivity contribution in [1.29, 1.82) is 0 Å². The Morgan fingerprint density at radius 3 is 2.05 bits per heavy atom. The number of carbonyl (C=O) groups is 2. The van der Waals surface area contributed by atoms with Gasteiger partial charge in [-0.1, -0.05) is 33.6 Å². The zero-order valence-corrected chi connectivity index (χ0v) is 13.1. The van der Waals surface area contributed by atoms with Gasteiger partial charge in [-0.3, -0.25) is 9.59 Å². The second-order valence-electron chi connectivity index (χ2n) is 7.85. The van der Waals surface area contributed by atoms with Gasteiger partial charge in [-0.05, 0) is 31.1 Å². The molecule has 2 saturated carbocycles. The third-order valence-electron chi connectivity index (χ3n) is 7.01. The molecule has 2 atom stereocenters. The van der Waals surface area contributed by atoms with Crippen LogP contribution in [-0.2, 0) is 9.59 Å². The highest BCUT2D eigenvalue weighted by atomic mass is 16.2. The van der Waals surface area contributed by atoms with Crippen molar-refractivity contribution in [2.75, 3.05) is 13.1 Å². The van der Waals surface area contributed by atoms with Gasteiger partial charge in [-0.25, -0.2) is 0 Å². The summed E-state index contributed by atoms with van der Waals surface area (Å²) in [6, 6.07) is 0. The molecule has 0 aromatic rings. The molecule has 0 unspecified atom stereocenters. The average Bonchev–Trinajstić information content (AvgIpc) is 2.68. The minimum atomic E-state index is -0.414. The average molecular weight is 277 g/mol. The molecule has 0 aromatic carbocycles. The molecule has 112 valence electrons. The van der Waals surface area contributed by atoms with E-state index in [0.717, 1.165) is 38.8 Å². The molecule has 2 bridgehead atoms. The van der Waals surface area contributed by atoms with Gasteiger partial charge in [0.1, 0.15) is 5.78 Å². The van der Waals surface area contributed by atoms with Gasteiger partial charge < -0.3 is 4.90 Å². The van der Waals surface area contributed by atoms with Crippen LogP contribution < -0.4 is 0 Å².